The Hall–Kier alpha value is -1.21. The Morgan fingerprint density at radius 1 is 1.44 bits per heavy atom. The predicted octanol–water partition coefficient (Wildman–Crippen LogP) is 1.63. The topological polar surface area (TPSA) is 63.2 Å². The van der Waals surface area contributed by atoms with Gasteiger partial charge in [-0.15, -0.1) is 0 Å². The van der Waals surface area contributed by atoms with Gasteiger partial charge in [-0.3, -0.25) is 4.79 Å². The van der Waals surface area contributed by atoms with Crippen molar-refractivity contribution in [3.63, 3.8) is 0 Å². The molecule has 0 spiro atoms. The van der Waals surface area contributed by atoms with Gasteiger partial charge in [0.05, 0.1) is 21.8 Å². The molecule has 96 valence electrons. The quantitative estimate of drug-likeness (QED) is 0.894. The van der Waals surface area contributed by atoms with Crippen molar-refractivity contribution >= 4 is 31.7 Å². The lowest BCUT2D eigenvalue weighted by Gasteiger charge is -2.10. The summed E-state index contributed by atoms with van der Waals surface area (Å²) in [6, 6.07) is 3.73. The van der Waals surface area contributed by atoms with Crippen LogP contribution in [0.3, 0.4) is 0 Å². The van der Waals surface area contributed by atoms with Gasteiger partial charge in [-0.25, -0.2) is 12.8 Å². The highest BCUT2D eigenvalue weighted by atomic mass is 79.9. The van der Waals surface area contributed by atoms with Crippen LogP contribution in [-0.2, 0) is 9.84 Å². The van der Waals surface area contributed by atoms with Crippen LogP contribution in [0.2, 0.25) is 0 Å². The summed E-state index contributed by atoms with van der Waals surface area (Å²) < 4.78 is 36.1. The van der Waals surface area contributed by atoms with Gasteiger partial charge in [-0.05, 0) is 34.1 Å². The average Bonchev–Trinajstić information content (AvgIpc) is 2.62. The molecule has 0 saturated carbocycles. The van der Waals surface area contributed by atoms with Crippen molar-refractivity contribution in [1.82, 2.24) is 5.32 Å². The van der Waals surface area contributed by atoms with E-state index in [0.29, 0.717) is 0 Å². The number of nitrogens with one attached hydrogen (secondary N) is 1. The van der Waals surface area contributed by atoms with Crippen LogP contribution < -0.4 is 5.32 Å². The lowest BCUT2D eigenvalue weighted by atomic mass is 10.2. The molecule has 1 N–H and O–H groups in total. The second-order valence-corrected chi connectivity index (χ2v) is 6.62. The molecule has 2 rings (SSSR count). The third kappa shape index (κ3) is 2.78. The maximum absolute atomic E-state index is 13.6. The highest BCUT2D eigenvalue weighted by Gasteiger charge is 2.24. The van der Waals surface area contributed by atoms with Crippen molar-refractivity contribution in [2.45, 2.75) is 6.04 Å². The molecular weight excluding hydrogens is 325 g/mol. The van der Waals surface area contributed by atoms with E-state index >= 15 is 0 Å². The highest BCUT2D eigenvalue weighted by molar-refractivity contribution is 9.10. The first-order valence-electron chi connectivity index (χ1n) is 5.05. The maximum atomic E-state index is 13.6. The molecule has 0 radical (unpaired) electrons. The van der Waals surface area contributed by atoms with Crippen LogP contribution >= 0.6 is 15.9 Å². The number of amides is 1. The van der Waals surface area contributed by atoms with Crippen LogP contribution in [-0.4, -0.2) is 26.1 Å². The van der Waals surface area contributed by atoms with Gasteiger partial charge in [-0.2, -0.15) is 0 Å². The van der Waals surface area contributed by atoms with Crippen molar-refractivity contribution in [2.24, 2.45) is 0 Å². The van der Waals surface area contributed by atoms with Crippen molar-refractivity contribution in [2.75, 3.05) is 5.75 Å². The first kappa shape index (κ1) is 13.2. The molecule has 1 aliphatic heterocycles. The zero-order chi connectivity index (χ0) is 13.3. The van der Waals surface area contributed by atoms with Crippen LogP contribution in [0.5, 0.6) is 0 Å². The third-order valence-corrected chi connectivity index (χ3v) is 4.45. The molecule has 1 heterocycles. The van der Waals surface area contributed by atoms with Crippen LogP contribution in [0.25, 0.3) is 0 Å². The molecule has 1 aromatic carbocycles. The zero-order valence-electron chi connectivity index (χ0n) is 9.06. The van der Waals surface area contributed by atoms with Gasteiger partial charge in [0.2, 0.25) is 0 Å². The van der Waals surface area contributed by atoms with E-state index in [-0.39, 0.29) is 15.8 Å². The number of carbonyl (C=O) groups is 1. The molecule has 0 fully saturated rings. The van der Waals surface area contributed by atoms with E-state index in [4.69, 9.17) is 0 Å². The van der Waals surface area contributed by atoms with Gasteiger partial charge in [0.1, 0.15) is 5.82 Å². The van der Waals surface area contributed by atoms with E-state index in [0.717, 1.165) is 5.41 Å². The minimum absolute atomic E-state index is 0.123. The third-order valence-electron chi connectivity index (χ3n) is 2.44. The summed E-state index contributed by atoms with van der Waals surface area (Å²) >= 11 is 2.98. The summed E-state index contributed by atoms with van der Waals surface area (Å²) in [4.78, 5) is 11.8. The summed E-state index contributed by atoms with van der Waals surface area (Å²) in [5, 5.41) is 3.50. The number of carbonyl (C=O) groups excluding carboxylic acids is 1. The molecule has 1 amide bonds. The first-order valence-corrected chi connectivity index (χ1v) is 7.56. The number of benzene rings is 1. The number of hydrogen-bond donors (Lipinski definition) is 1. The van der Waals surface area contributed by atoms with Gasteiger partial charge in [0.25, 0.3) is 5.91 Å². The van der Waals surface area contributed by atoms with Gasteiger partial charge >= 0.3 is 0 Å². The van der Waals surface area contributed by atoms with Gasteiger partial charge in [0, 0.05) is 5.41 Å². The fourth-order valence-corrected chi connectivity index (χ4v) is 3.19. The summed E-state index contributed by atoms with van der Waals surface area (Å²) in [5.41, 5.74) is -0.123. The largest absolute Gasteiger partial charge is 0.345 e. The van der Waals surface area contributed by atoms with E-state index < -0.39 is 27.6 Å². The van der Waals surface area contributed by atoms with Crippen LogP contribution in [0, 0.1) is 5.82 Å². The van der Waals surface area contributed by atoms with E-state index in [9.17, 15) is 17.6 Å². The zero-order valence-corrected chi connectivity index (χ0v) is 11.5. The summed E-state index contributed by atoms with van der Waals surface area (Å²) in [7, 11) is -3.24. The molecule has 4 nitrogen and oxygen atoms in total. The number of rotatable bonds is 2. The molecule has 18 heavy (non-hydrogen) atoms. The highest BCUT2D eigenvalue weighted by Crippen LogP contribution is 2.19. The van der Waals surface area contributed by atoms with Crippen LogP contribution in [0.4, 0.5) is 4.39 Å². The van der Waals surface area contributed by atoms with Crippen molar-refractivity contribution in [3.8, 4) is 0 Å². The van der Waals surface area contributed by atoms with Crippen molar-refractivity contribution < 1.29 is 17.6 Å². The minimum Gasteiger partial charge on any atom is -0.345 e. The van der Waals surface area contributed by atoms with Gasteiger partial charge < -0.3 is 5.32 Å². The Morgan fingerprint density at radius 2 is 2.17 bits per heavy atom. The summed E-state index contributed by atoms with van der Waals surface area (Å²) in [6.07, 6.45) is 1.38. The predicted molar refractivity (Wildman–Crippen MR) is 68.3 cm³/mol. The normalized spacial score (nSPS) is 20.9. The fourth-order valence-electron chi connectivity index (χ4n) is 1.59. The smallest absolute Gasteiger partial charge is 0.254 e. The SMILES string of the molecule is O=C(NC1C=CS(=O)(=O)C1)c1cccc(Br)c1F. The lowest BCUT2D eigenvalue weighted by molar-refractivity contribution is 0.0943. The van der Waals surface area contributed by atoms with E-state index in [1.165, 1.54) is 24.3 Å². The first-order chi connectivity index (χ1) is 8.39. The lowest BCUT2D eigenvalue weighted by Crippen LogP contribution is -2.35. The number of hydrogen-bond acceptors (Lipinski definition) is 3. The molecule has 7 heteroatoms. The Labute approximate surface area is 112 Å². The number of halogens is 2. The Bertz CT molecular complexity index is 627. The van der Waals surface area contributed by atoms with Crippen LogP contribution in [0.15, 0.2) is 34.2 Å². The molecule has 0 bridgehead atoms. The van der Waals surface area contributed by atoms with Gasteiger partial charge in [0.15, 0.2) is 9.84 Å². The molecule has 1 aromatic rings. The minimum atomic E-state index is -3.24. The Balaban J connectivity index is 2.14. The standard InChI is InChI=1S/C11H9BrFNO3S/c12-9-3-1-2-8(10(9)13)11(15)14-7-4-5-18(16,17)6-7/h1-5,7H,6H2,(H,14,15). The van der Waals surface area contributed by atoms with E-state index in [1.54, 1.807) is 0 Å². The number of sulfone groups is 1. The van der Waals surface area contributed by atoms with E-state index in [2.05, 4.69) is 21.2 Å². The molecule has 1 atom stereocenters. The molecule has 0 aromatic heterocycles. The molecular formula is C11H9BrFNO3S. The van der Waals surface area contributed by atoms with Crippen molar-refractivity contribution in [1.29, 1.82) is 0 Å². The molecule has 0 saturated heterocycles. The van der Waals surface area contributed by atoms with Gasteiger partial charge in [-0.1, -0.05) is 6.07 Å². The van der Waals surface area contributed by atoms with Crippen molar-refractivity contribution in [3.05, 3.63) is 45.5 Å². The second kappa shape index (κ2) is 4.81. The van der Waals surface area contributed by atoms with E-state index in [1.807, 2.05) is 0 Å². The Morgan fingerprint density at radius 3 is 2.78 bits per heavy atom. The molecule has 1 unspecified atom stereocenters. The second-order valence-electron chi connectivity index (χ2n) is 3.84. The summed E-state index contributed by atoms with van der Waals surface area (Å²) in [6.45, 7) is 0. The average molecular weight is 334 g/mol. The fraction of sp³-hybridized carbons (Fsp3) is 0.182. The Kier molecular flexibility index (Phi) is 3.54. The van der Waals surface area contributed by atoms with Crippen LogP contribution in [0.1, 0.15) is 10.4 Å². The summed E-state index contributed by atoms with van der Waals surface area (Å²) in [5.74, 6) is -1.49. The molecule has 0 aliphatic carbocycles. The maximum Gasteiger partial charge on any atom is 0.254 e. The molecule has 1 aliphatic rings. The monoisotopic (exact) mass is 333 g/mol.